The normalized spacial score (nSPS) is 16.0. The Kier molecular flexibility index (Phi) is 5.76. The van der Waals surface area contributed by atoms with Crippen LogP contribution in [0.4, 0.5) is 5.69 Å². The van der Waals surface area contributed by atoms with Crippen LogP contribution in [0.1, 0.15) is 36.8 Å². The van der Waals surface area contributed by atoms with Gasteiger partial charge in [0.05, 0.1) is 5.69 Å². The summed E-state index contributed by atoms with van der Waals surface area (Å²) in [5, 5.41) is 34.1. The minimum atomic E-state index is -1.25. The molecule has 0 saturated heterocycles. The van der Waals surface area contributed by atoms with Gasteiger partial charge in [-0.15, -0.1) is 0 Å². The number of nitriles is 2. The van der Waals surface area contributed by atoms with E-state index in [0.717, 1.165) is 31.2 Å². The van der Waals surface area contributed by atoms with Gasteiger partial charge in [0.2, 0.25) is 5.71 Å². The predicted octanol–water partition coefficient (Wildman–Crippen LogP) is 4.58. The second-order valence-electron chi connectivity index (χ2n) is 6.60. The molecule has 0 radical (unpaired) electrons. The first-order valence-electron chi connectivity index (χ1n) is 8.81. The van der Waals surface area contributed by atoms with Crippen molar-refractivity contribution in [3.63, 3.8) is 0 Å². The first-order chi connectivity index (χ1) is 13.1. The van der Waals surface area contributed by atoms with E-state index in [2.05, 4.69) is 10.5 Å². The van der Waals surface area contributed by atoms with Gasteiger partial charge in [-0.2, -0.15) is 15.6 Å². The second-order valence-corrected chi connectivity index (χ2v) is 7.04. The summed E-state index contributed by atoms with van der Waals surface area (Å²) in [5.74, 6) is 0.0364. The summed E-state index contributed by atoms with van der Waals surface area (Å²) in [6, 6.07) is 18.1. The molecular weight excluding hydrogens is 360 g/mol. The number of rotatable bonds is 5. The lowest BCUT2D eigenvalue weighted by Gasteiger charge is -2.36. The molecule has 3 rings (SSSR count). The van der Waals surface area contributed by atoms with E-state index in [1.54, 1.807) is 30.3 Å². The number of anilines is 1. The maximum Gasteiger partial charge on any atom is 0.237 e. The quantitative estimate of drug-likeness (QED) is 0.588. The average molecular weight is 379 g/mol. The van der Waals surface area contributed by atoms with Gasteiger partial charge >= 0.3 is 0 Å². The Morgan fingerprint density at radius 1 is 1.11 bits per heavy atom. The molecule has 0 aliphatic heterocycles. The van der Waals surface area contributed by atoms with Gasteiger partial charge in [0, 0.05) is 10.6 Å². The number of aliphatic hydroxyl groups is 1. The van der Waals surface area contributed by atoms with E-state index in [-0.39, 0.29) is 11.6 Å². The number of hydrogen-bond donors (Lipinski definition) is 2. The zero-order valence-corrected chi connectivity index (χ0v) is 15.4. The lowest BCUT2D eigenvalue weighted by Crippen LogP contribution is -2.35. The molecule has 1 unspecified atom stereocenters. The van der Waals surface area contributed by atoms with Gasteiger partial charge in [0.1, 0.15) is 17.7 Å². The molecule has 0 heterocycles. The van der Waals surface area contributed by atoms with Crippen LogP contribution in [0.3, 0.4) is 0 Å². The Hall–Kier alpha value is -2.86. The summed E-state index contributed by atoms with van der Waals surface area (Å²) in [6.07, 6.45) is 3.94. The minimum Gasteiger partial charge on any atom is -0.380 e. The molecular formula is C21H19ClN4O. The maximum atomic E-state index is 12.0. The van der Waals surface area contributed by atoms with E-state index in [1.807, 2.05) is 30.3 Å². The predicted molar refractivity (Wildman–Crippen MR) is 105 cm³/mol. The van der Waals surface area contributed by atoms with Crippen LogP contribution < -0.4 is 5.43 Å². The lowest BCUT2D eigenvalue weighted by atomic mass is 9.74. The smallest absolute Gasteiger partial charge is 0.237 e. The highest BCUT2D eigenvalue weighted by Crippen LogP contribution is 2.47. The van der Waals surface area contributed by atoms with Crippen molar-refractivity contribution in [2.75, 3.05) is 5.43 Å². The van der Waals surface area contributed by atoms with Gasteiger partial charge in [-0.05, 0) is 42.5 Å². The lowest BCUT2D eigenvalue weighted by molar-refractivity contribution is 0.0195. The van der Waals surface area contributed by atoms with Crippen molar-refractivity contribution >= 4 is 23.0 Å². The van der Waals surface area contributed by atoms with Crippen molar-refractivity contribution in [1.82, 2.24) is 0 Å². The number of hydrogen-bond acceptors (Lipinski definition) is 5. The molecule has 1 aliphatic rings. The number of halogens is 1. The molecule has 27 heavy (non-hydrogen) atoms. The standard InChI is InChI=1S/C21H19ClN4O/c22-17-10-11-20(26-25-18(13-23)14-24)19(12-17)21(27,16-8-4-5-9-16)15-6-2-1-3-7-15/h1-3,6-7,10-12,16,26-27H,4-5,8-9H2. The number of nitrogens with zero attached hydrogens (tertiary/aromatic N) is 3. The summed E-state index contributed by atoms with van der Waals surface area (Å²) < 4.78 is 0. The van der Waals surface area contributed by atoms with Crippen molar-refractivity contribution in [1.29, 1.82) is 10.5 Å². The molecule has 0 aromatic heterocycles. The first kappa shape index (κ1) is 18.9. The van der Waals surface area contributed by atoms with Crippen LogP contribution in [0, 0.1) is 28.6 Å². The monoisotopic (exact) mass is 378 g/mol. The van der Waals surface area contributed by atoms with Gasteiger partial charge < -0.3 is 5.11 Å². The SMILES string of the molecule is N#CC(C#N)=NNc1ccc(Cl)cc1C(O)(c1ccccc1)C1CCCC1. The molecule has 136 valence electrons. The third-order valence-corrected chi connectivity index (χ3v) is 5.29. The molecule has 0 spiro atoms. The van der Waals surface area contributed by atoms with Crippen LogP contribution >= 0.6 is 11.6 Å². The van der Waals surface area contributed by atoms with Gasteiger partial charge in [0.25, 0.3) is 0 Å². The van der Waals surface area contributed by atoms with Gasteiger partial charge in [-0.1, -0.05) is 54.8 Å². The summed E-state index contributed by atoms with van der Waals surface area (Å²) in [5.41, 5.74) is 3.11. The highest BCUT2D eigenvalue weighted by atomic mass is 35.5. The molecule has 1 saturated carbocycles. The Labute approximate surface area is 163 Å². The number of benzene rings is 2. The molecule has 0 bridgehead atoms. The molecule has 6 heteroatoms. The number of hydrazone groups is 1. The maximum absolute atomic E-state index is 12.0. The van der Waals surface area contributed by atoms with Crippen LogP contribution in [-0.4, -0.2) is 10.8 Å². The van der Waals surface area contributed by atoms with Crippen LogP contribution in [0.15, 0.2) is 53.6 Å². The van der Waals surface area contributed by atoms with Crippen LogP contribution in [0.25, 0.3) is 0 Å². The van der Waals surface area contributed by atoms with Gasteiger partial charge in [-0.25, -0.2) is 0 Å². The Morgan fingerprint density at radius 3 is 2.41 bits per heavy atom. The first-order valence-corrected chi connectivity index (χ1v) is 9.19. The summed E-state index contributed by atoms with van der Waals surface area (Å²) in [6.45, 7) is 0. The van der Waals surface area contributed by atoms with Crippen molar-refractivity contribution in [2.45, 2.75) is 31.3 Å². The third kappa shape index (κ3) is 3.80. The average Bonchev–Trinajstić information content (AvgIpc) is 3.25. The Morgan fingerprint density at radius 2 is 1.78 bits per heavy atom. The summed E-state index contributed by atoms with van der Waals surface area (Å²) >= 11 is 6.25. The van der Waals surface area contributed by atoms with E-state index >= 15 is 0 Å². The fourth-order valence-corrected chi connectivity index (χ4v) is 3.94. The Balaban J connectivity index is 2.15. The van der Waals surface area contributed by atoms with Crippen LogP contribution in [-0.2, 0) is 5.60 Å². The van der Waals surface area contributed by atoms with Crippen molar-refractivity contribution in [3.8, 4) is 12.1 Å². The van der Waals surface area contributed by atoms with Crippen molar-refractivity contribution < 1.29 is 5.11 Å². The number of nitrogens with one attached hydrogen (secondary N) is 1. The molecule has 5 nitrogen and oxygen atoms in total. The summed E-state index contributed by atoms with van der Waals surface area (Å²) in [4.78, 5) is 0. The van der Waals surface area contributed by atoms with E-state index < -0.39 is 5.60 Å². The van der Waals surface area contributed by atoms with Crippen LogP contribution in [0.5, 0.6) is 0 Å². The topological polar surface area (TPSA) is 92.2 Å². The van der Waals surface area contributed by atoms with E-state index in [1.165, 1.54) is 0 Å². The molecule has 1 fully saturated rings. The molecule has 2 N–H and O–H groups in total. The fourth-order valence-electron chi connectivity index (χ4n) is 3.77. The van der Waals surface area contributed by atoms with Gasteiger partial charge in [0.15, 0.2) is 0 Å². The molecule has 0 amide bonds. The van der Waals surface area contributed by atoms with Crippen molar-refractivity contribution in [2.24, 2.45) is 11.0 Å². The van der Waals surface area contributed by atoms with E-state index in [0.29, 0.717) is 16.3 Å². The molecule has 1 aliphatic carbocycles. The highest BCUT2D eigenvalue weighted by molar-refractivity contribution is 6.30. The van der Waals surface area contributed by atoms with E-state index in [9.17, 15) is 5.11 Å². The molecule has 2 aromatic rings. The molecule has 2 aromatic carbocycles. The zero-order chi connectivity index (χ0) is 19.3. The second kappa shape index (κ2) is 8.22. The van der Waals surface area contributed by atoms with Gasteiger partial charge in [-0.3, -0.25) is 5.43 Å². The molecule has 1 atom stereocenters. The summed E-state index contributed by atoms with van der Waals surface area (Å²) in [7, 11) is 0. The Bertz CT molecular complexity index is 907. The van der Waals surface area contributed by atoms with E-state index in [4.69, 9.17) is 22.1 Å². The largest absolute Gasteiger partial charge is 0.380 e. The minimum absolute atomic E-state index is 0.0364. The highest BCUT2D eigenvalue weighted by Gasteiger charge is 2.43. The van der Waals surface area contributed by atoms with Crippen LogP contribution in [0.2, 0.25) is 5.02 Å². The zero-order valence-electron chi connectivity index (χ0n) is 14.7. The van der Waals surface area contributed by atoms with Crippen molar-refractivity contribution in [3.05, 3.63) is 64.7 Å². The fraction of sp³-hybridized carbons (Fsp3) is 0.286. The third-order valence-electron chi connectivity index (χ3n) is 5.05.